The summed E-state index contributed by atoms with van der Waals surface area (Å²) in [6.45, 7) is 0. The summed E-state index contributed by atoms with van der Waals surface area (Å²) in [5, 5.41) is 15.2. The van der Waals surface area contributed by atoms with E-state index in [2.05, 4.69) is 169 Å². The Hall–Kier alpha value is -7.17. The van der Waals surface area contributed by atoms with Crippen LogP contribution in [-0.4, -0.2) is 20.0 Å². The Morgan fingerprint density at radius 2 is 0.925 bits per heavy atom. The van der Waals surface area contributed by atoms with Gasteiger partial charge in [0.05, 0.1) is 5.69 Å². The molecule has 2 heterocycles. The van der Waals surface area contributed by atoms with Crippen LogP contribution < -0.4 is 0 Å². The van der Waals surface area contributed by atoms with Crippen molar-refractivity contribution in [2.24, 2.45) is 0 Å². The van der Waals surface area contributed by atoms with Crippen LogP contribution in [0.4, 0.5) is 0 Å². The molecule has 0 unspecified atom stereocenters. The van der Waals surface area contributed by atoms with Gasteiger partial charge in [0.1, 0.15) is 11.0 Å². The smallest absolute Gasteiger partial charge is 0.121 e. The van der Waals surface area contributed by atoms with Gasteiger partial charge < -0.3 is 0 Å². The minimum atomic E-state index is 0.834. The Morgan fingerprint density at radius 1 is 0.358 bits per heavy atom. The average molecular weight is 677 g/mol. The molecule has 0 saturated carbocycles. The first-order chi connectivity index (χ1) is 26.2. The number of hydrogen-bond acceptors (Lipinski definition) is 3. The van der Waals surface area contributed by atoms with Crippen LogP contribution in [0.1, 0.15) is 0 Å². The molecule has 4 nitrogen and oxygen atoms in total. The molecule has 0 spiro atoms. The van der Waals surface area contributed by atoms with Crippen molar-refractivity contribution in [2.75, 3.05) is 0 Å². The van der Waals surface area contributed by atoms with Gasteiger partial charge in [-0.05, 0) is 96.4 Å². The number of fused-ring (bicyclic) bond motifs is 3. The molecule has 53 heavy (non-hydrogen) atoms. The lowest BCUT2D eigenvalue weighted by atomic mass is 9.93. The third-order valence-electron chi connectivity index (χ3n) is 10.2. The highest BCUT2D eigenvalue weighted by molar-refractivity contribution is 6.00. The maximum Gasteiger partial charge on any atom is 0.121 e. The largest absolute Gasteiger partial charge is 0.264 e. The molecule has 248 valence electrons. The SMILES string of the molecule is c1cncc(-c2cccc(-n3nc4cc(-c5ccc(-c6cccc7ccccc67)cc5)cc(-c5ccc(-c6cccc7ccccc67)cc5)c4n3)c2)c1. The van der Waals surface area contributed by atoms with E-state index in [-0.39, 0.29) is 0 Å². The topological polar surface area (TPSA) is 43.6 Å². The molecular formula is C49H32N4. The van der Waals surface area contributed by atoms with Crippen molar-refractivity contribution in [2.45, 2.75) is 0 Å². The van der Waals surface area contributed by atoms with Crippen molar-refractivity contribution >= 4 is 32.6 Å². The van der Waals surface area contributed by atoms with Gasteiger partial charge in [0, 0.05) is 23.5 Å². The van der Waals surface area contributed by atoms with Crippen LogP contribution in [0.25, 0.3) is 93.9 Å². The van der Waals surface area contributed by atoms with Crippen LogP contribution in [0.5, 0.6) is 0 Å². The molecule has 0 atom stereocenters. The predicted molar refractivity (Wildman–Crippen MR) is 219 cm³/mol. The molecule has 4 heteroatoms. The summed E-state index contributed by atoms with van der Waals surface area (Å²) in [6.07, 6.45) is 3.67. The van der Waals surface area contributed by atoms with Crippen molar-refractivity contribution in [3.63, 3.8) is 0 Å². The van der Waals surface area contributed by atoms with Crippen LogP contribution >= 0.6 is 0 Å². The third kappa shape index (κ3) is 5.63. The molecule has 8 aromatic carbocycles. The minimum absolute atomic E-state index is 0.834. The summed E-state index contributed by atoms with van der Waals surface area (Å²) in [6, 6.07) is 64.6. The van der Waals surface area contributed by atoms with Gasteiger partial charge in [-0.3, -0.25) is 4.98 Å². The molecule has 0 N–H and O–H groups in total. The van der Waals surface area contributed by atoms with Crippen LogP contribution in [0, 0.1) is 0 Å². The molecule has 0 fully saturated rings. The van der Waals surface area contributed by atoms with E-state index in [4.69, 9.17) is 10.2 Å². The second kappa shape index (κ2) is 12.9. The molecule has 0 aliphatic heterocycles. The van der Waals surface area contributed by atoms with E-state index in [0.717, 1.165) is 50.1 Å². The number of nitrogens with zero attached hydrogens (tertiary/aromatic N) is 4. The van der Waals surface area contributed by atoms with E-state index in [1.807, 2.05) is 24.4 Å². The lowest BCUT2D eigenvalue weighted by Crippen LogP contribution is -1.98. The Labute approximate surface area is 307 Å². The number of hydrogen-bond donors (Lipinski definition) is 0. The van der Waals surface area contributed by atoms with Gasteiger partial charge in [-0.2, -0.15) is 4.80 Å². The Kier molecular flexibility index (Phi) is 7.43. The summed E-state index contributed by atoms with van der Waals surface area (Å²) < 4.78 is 0. The monoisotopic (exact) mass is 676 g/mol. The highest BCUT2D eigenvalue weighted by Crippen LogP contribution is 2.37. The summed E-state index contributed by atoms with van der Waals surface area (Å²) in [5.74, 6) is 0. The van der Waals surface area contributed by atoms with E-state index >= 15 is 0 Å². The molecule has 0 aliphatic rings. The molecule has 0 aliphatic carbocycles. The Morgan fingerprint density at radius 3 is 1.57 bits per heavy atom. The molecule has 10 aromatic rings. The van der Waals surface area contributed by atoms with Gasteiger partial charge in [-0.15, -0.1) is 10.2 Å². The van der Waals surface area contributed by atoms with Crippen LogP contribution in [-0.2, 0) is 0 Å². The van der Waals surface area contributed by atoms with Gasteiger partial charge in [-0.25, -0.2) is 0 Å². The van der Waals surface area contributed by atoms with E-state index in [0.29, 0.717) is 0 Å². The predicted octanol–water partition coefficient (Wildman–Crippen LogP) is 12.5. The molecule has 0 amide bonds. The molecular weight excluding hydrogens is 645 g/mol. The molecule has 0 radical (unpaired) electrons. The minimum Gasteiger partial charge on any atom is -0.264 e. The van der Waals surface area contributed by atoms with E-state index < -0.39 is 0 Å². The quantitative estimate of drug-likeness (QED) is 0.176. The maximum absolute atomic E-state index is 5.12. The molecule has 2 aromatic heterocycles. The van der Waals surface area contributed by atoms with Crippen molar-refractivity contribution in [1.82, 2.24) is 20.0 Å². The molecule has 10 rings (SSSR count). The average Bonchev–Trinajstić information content (AvgIpc) is 3.68. The lowest BCUT2D eigenvalue weighted by molar-refractivity contribution is 0.766. The summed E-state index contributed by atoms with van der Waals surface area (Å²) in [5.41, 5.74) is 13.8. The number of benzene rings is 8. The number of rotatable bonds is 6. The zero-order chi connectivity index (χ0) is 35.1. The van der Waals surface area contributed by atoms with E-state index in [9.17, 15) is 0 Å². The summed E-state index contributed by atoms with van der Waals surface area (Å²) >= 11 is 0. The van der Waals surface area contributed by atoms with Gasteiger partial charge in [0.2, 0.25) is 0 Å². The Balaban J connectivity index is 1.09. The highest BCUT2D eigenvalue weighted by Gasteiger charge is 2.16. The maximum atomic E-state index is 5.12. The zero-order valence-electron chi connectivity index (χ0n) is 28.8. The second-order valence-electron chi connectivity index (χ2n) is 13.4. The van der Waals surface area contributed by atoms with Gasteiger partial charge >= 0.3 is 0 Å². The van der Waals surface area contributed by atoms with E-state index in [1.165, 1.54) is 43.8 Å². The summed E-state index contributed by atoms with van der Waals surface area (Å²) in [7, 11) is 0. The first-order valence-electron chi connectivity index (χ1n) is 17.8. The fraction of sp³-hybridized carbons (Fsp3) is 0. The zero-order valence-corrected chi connectivity index (χ0v) is 28.8. The summed E-state index contributed by atoms with van der Waals surface area (Å²) in [4.78, 5) is 6.08. The fourth-order valence-corrected chi connectivity index (χ4v) is 7.49. The standard InChI is InChI=1S/C49H32N4/c1-3-16-43-34(9-1)11-6-18-45(43)36-22-20-33(21-23-36)41-30-47(38-26-24-37(25-27-38)46-19-7-12-35-10-2-4-17-44(35)46)49-48(31-41)51-53(52-49)42-15-5-13-39(29-42)40-14-8-28-50-32-40/h1-32H. The first-order valence-corrected chi connectivity index (χ1v) is 17.8. The molecule has 0 saturated heterocycles. The van der Waals surface area contributed by atoms with Crippen molar-refractivity contribution in [1.29, 1.82) is 0 Å². The fourth-order valence-electron chi connectivity index (χ4n) is 7.49. The van der Waals surface area contributed by atoms with Gasteiger partial charge in [-0.1, -0.05) is 152 Å². The number of aromatic nitrogens is 4. The van der Waals surface area contributed by atoms with Crippen LogP contribution in [0.15, 0.2) is 194 Å². The van der Waals surface area contributed by atoms with Crippen molar-refractivity contribution < 1.29 is 0 Å². The molecule has 0 bridgehead atoms. The highest BCUT2D eigenvalue weighted by atomic mass is 15.5. The third-order valence-corrected chi connectivity index (χ3v) is 10.2. The van der Waals surface area contributed by atoms with Crippen molar-refractivity contribution in [3.8, 4) is 61.3 Å². The normalized spacial score (nSPS) is 11.4. The lowest BCUT2D eigenvalue weighted by Gasteiger charge is -2.11. The Bertz CT molecular complexity index is 2920. The van der Waals surface area contributed by atoms with Gasteiger partial charge in [0.15, 0.2) is 0 Å². The number of pyridine rings is 1. The van der Waals surface area contributed by atoms with E-state index in [1.54, 1.807) is 11.0 Å². The van der Waals surface area contributed by atoms with Crippen molar-refractivity contribution in [3.05, 3.63) is 194 Å². The first kappa shape index (κ1) is 30.6. The second-order valence-corrected chi connectivity index (χ2v) is 13.4. The van der Waals surface area contributed by atoms with Gasteiger partial charge in [0.25, 0.3) is 0 Å². The van der Waals surface area contributed by atoms with Crippen LogP contribution in [0.2, 0.25) is 0 Å². The van der Waals surface area contributed by atoms with Crippen LogP contribution in [0.3, 0.4) is 0 Å².